The summed E-state index contributed by atoms with van der Waals surface area (Å²) in [6, 6.07) is 6.83. The summed E-state index contributed by atoms with van der Waals surface area (Å²) in [5.74, 6) is -1.12. The smallest absolute Gasteiger partial charge is 0.346 e. The number of hydrogen-bond acceptors (Lipinski definition) is 8. The van der Waals surface area contributed by atoms with Crippen LogP contribution in [-0.4, -0.2) is 36.8 Å². The first-order valence-electron chi connectivity index (χ1n) is 8.20. The number of nitrogens with one attached hydrogen (secondary N) is 1. The number of aromatic nitrogens is 1. The Morgan fingerprint density at radius 2 is 2.11 bits per heavy atom. The number of thiazole rings is 1. The van der Waals surface area contributed by atoms with Gasteiger partial charge in [0, 0.05) is 29.1 Å². The van der Waals surface area contributed by atoms with Crippen LogP contribution in [-0.2, 0) is 21.2 Å². The third-order valence-corrected chi connectivity index (χ3v) is 5.57. The van der Waals surface area contributed by atoms with Gasteiger partial charge in [0.1, 0.15) is 10.6 Å². The van der Waals surface area contributed by atoms with Crippen LogP contribution in [0, 0.1) is 0 Å². The average Bonchev–Trinajstić information content (AvgIpc) is 3.04. The monoisotopic (exact) mass is 423 g/mol. The Morgan fingerprint density at radius 3 is 2.82 bits per heavy atom. The van der Waals surface area contributed by atoms with E-state index in [0.29, 0.717) is 40.3 Å². The van der Waals surface area contributed by atoms with E-state index < -0.39 is 21.6 Å². The van der Waals surface area contributed by atoms with Gasteiger partial charge in [-0.25, -0.2) is 23.3 Å². The fourth-order valence-electron chi connectivity index (χ4n) is 2.54. The molecular weight excluding hydrogens is 406 g/mol. The van der Waals surface area contributed by atoms with Gasteiger partial charge in [0.25, 0.3) is 0 Å². The number of carbonyl (C=O) groups is 1. The second-order valence-corrected chi connectivity index (χ2v) is 8.65. The Morgan fingerprint density at radius 1 is 1.32 bits per heavy atom. The predicted octanol–water partition coefficient (Wildman–Crippen LogP) is 1.63. The number of fused-ring (bicyclic) bond motifs is 1. The molecule has 28 heavy (non-hydrogen) atoms. The second kappa shape index (κ2) is 8.09. The molecule has 11 heteroatoms. The topological polar surface area (TPSA) is 153 Å². The molecule has 0 atom stereocenters. The Kier molecular flexibility index (Phi) is 5.77. The number of benzene rings is 1. The Bertz CT molecular complexity index is 1180. The standard InChI is InChI=1S/C17H17N3O6S2/c18-28(24,25)5-1-4-19-11-3-2-10-6-13(17(23)26-14(10)7-11)16-20-12(9-27-16)8-15(21)22/h2-3,6-7,9,19H,1,4-5,8H2,(H,21,22)(H2,18,24,25). The zero-order valence-electron chi connectivity index (χ0n) is 14.5. The van der Waals surface area contributed by atoms with Crippen molar-refractivity contribution in [2.45, 2.75) is 12.8 Å². The molecule has 0 radical (unpaired) electrons. The van der Waals surface area contributed by atoms with E-state index in [1.165, 1.54) is 11.3 Å². The minimum absolute atomic E-state index is 0.121. The van der Waals surface area contributed by atoms with E-state index in [2.05, 4.69) is 10.3 Å². The molecule has 2 aromatic heterocycles. The van der Waals surface area contributed by atoms with Crippen molar-refractivity contribution in [3.63, 3.8) is 0 Å². The van der Waals surface area contributed by atoms with Crippen LogP contribution in [0.5, 0.6) is 0 Å². The van der Waals surface area contributed by atoms with Crippen LogP contribution in [0.4, 0.5) is 5.69 Å². The maximum atomic E-state index is 12.3. The lowest BCUT2D eigenvalue weighted by Gasteiger charge is -2.07. The SMILES string of the molecule is NS(=O)(=O)CCCNc1ccc2cc(-c3nc(CC(=O)O)cs3)c(=O)oc2c1. The van der Waals surface area contributed by atoms with Crippen LogP contribution in [0.25, 0.3) is 21.5 Å². The van der Waals surface area contributed by atoms with Crippen molar-refractivity contribution in [1.29, 1.82) is 0 Å². The number of anilines is 1. The molecule has 0 aliphatic rings. The van der Waals surface area contributed by atoms with Gasteiger partial charge in [0.2, 0.25) is 10.0 Å². The third-order valence-electron chi connectivity index (χ3n) is 3.79. The van der Waals surface area contributed by atoms with Gasteiger partial charge in [-0.15, -0.1) is 11.3 Å². The van der Waals surface area contributed by atoms with E-state index in [1.54, 1.807) is 29.6 Å². The number of hydrogen-bond donors (Lipinski definition) is 3. The molecule has 0 saturated heterocycles. The van der Waals surface area contributed by atoms with Gasteiger partial charge in [-0.3, -0.25) is 4.79 Å². The van der Waals surface area contributed by atoms with E-state index in [4.69, 9.17) is 14.7 Å². The van der Waals surface area contributed by atoms with E-state index in [1.807, 2.05) is 0 Å². The number of carboxylic acids is 1. The molecule has 0 fully saturated rings. The second-order valence-electron chi connectivity index (χ2n) is 6.06. The molecule has 0 saturated carbocycles. The van der Waals surface area contributed by atoms with E-state index >= 15 is 0 Å². The highest BCUT2D eigenvalue weighted by Crippen LogP contribution is 2.26. The van der Waals surface area contributed by atoms with Crippen molar-refractivity contribution in [2.24, 2.45) is 5.14 Å². The largest absolute Gasteiger partial charge is 0.481 e. The first kappa shape index (κ1) is 20.0. The Hall–Kier alpha value is -2.76. The lowest BCUT2D eigenvalue weighted by atomic mass is 10.1. The highest BCUT2D eigenvalue weighted by molar-refractivity contribution is 7.89. The van der Waals surface area contributed by atoms with Gasteiger partial charge in [-0.05, 0) is 24.6 Å². The summed E-state index contributed by atoms with van der Waals surface area (Å²) < 4.78 is 27.2. The van der Waals surface area contributed by atoms with Crippen molar-refractivity contribution < 1.29 is 22.7 Å². The number of primary sulfonamides is 1. The molecule has 0 unspecified atom stereocenters. The van der Waals surface area contributed by atoms with Gasteiger partial charge in [-0.2, -0.15) is 0 Å². The summed E-state index contributed by atoms with van der Waals surface area (Å²) in [6.45, 7) is 0.399. The molecule has 1 aromatic carbocycles. The summed E-state index contributed by atoms with van der Waals surface area (Å²) in [4.78, 5) is 27.3. The molecule has 3 aromatic rings. The summed E-state index contributed by atoms with van der Waals surface area (Å²) in [7, 11) is -3.49. The first-order valence-corrected chi connectivity index (χ1v) is 10.8. The summed E-state index contributed by atoms with van der Waals surface area (Å²) in [6.07, 6.45) is 0.137. The molecule has 4 N–H and O–H groups in total. The van der Waals surface area contributed by atoms with Crippen LogP contribution in [0.1, 0.15) is 12.1 Å². The van der Waals surface area contributed by atoms with Crippen LogP contribution in [0.2, 0.25) is 0 Å². The van der Waals surface area contributed by atoms with Crippen molar-refractivity contribution in [1.82, 2.24) is 4.98 Å². The maximum Gasteiger partial charge on any atom is 0.346 e. The van der Waals surface area contributed by atoms with Gasteiger partial charge < -0.3 is 14.8 Å². The summed E-state index contributed by atoms with van der Waals surface area (Å²) >= 11 is 1.18. The van der Waals surface area contributed by atoms with Crippen LogP contribution < -0.4 is 16.1 Å². The fraction of sp³-hybridized carbons (Fsp3) is 0.235. The molecule has 3 rings (SSSR count). The zero-order chi connectivity index (χ0) is 20.3. The highest BCUT2D eigenvalue weighted by atomic mass is 32.2. The minimum Gasteiger partial charge on any atom is -0.481 e. The first-order chi connectivity index (χ1) is 13.2. The zero-order valence-corrected chi connectivity index (χ0v) is 16.2. The van der Waals surface area contributed by atoms with E-state index in [0.717, 1.165) is 0 Å². The fourth-order valence-corrected chi connectivity index (χ4v) is 3.91. The average molecular weight is 423 g/mol. The molecule has 0 spiro atoms. The number of rotatable bonds is 8. The van der Waals surface area contributed by atoms with Crippen LogP contribution >= 0.6 is 11.3 Å². The number of nitrogens with zero attached hydrogens (tertiary/aromatic N) is 1. The molecular formula is C17H17N3O6S2. The van der Waals surface area contributed by atoms with E-state index in [9.17, 15) is 18.0 Å². The predicted molar refractivity (Wildman–Crippen MR) is 106 cm³/mol. The molecule has 148 valence electrons. The van der Waals surface area contributed by atoms with Crippen molar-refractivity contribution in [3.05, 3.63) is 45.8 Å². The molecule has 0 amide bonds. The molecule has 0 bridgehead atoms. The number of sulfonamides is 1. The number of carboxylic acid groups (broad SMARTS) is 1. The number of nitrogens with two attached hydrogens (primary N) is 1. The number of aliphatic carboxylic acids is 1. The third kappa shape index (κ3) is 5.15. The molecule has 2 heterocycles. The van der Waals surface area contributed by atoms with E-state index in [-0.39, 0.29) is 17.7 Å². The van der Waals surface area contributed by atoms with Crippen molar-refractivity contribution in [3.8, 4) is 10.6 Å². The lowest BCUT2D eigenvalue weighted by Crippen LogP contribution is -2.18. The van der Waals surface area contributed by atoms with Gasteiger partial charge in [0.05, 0.1) is 23.4 Å². The Labute approximate surface area is 163 Å². The van der Waals surface area contributed by atoms with Gasteiger partial charge in [-0.1, -0.05) is 0 Å². The molecule has 0 aliphatic carbocycles. The normalized spacial score (nSPS) is 11.6. The van der Waals surface area contributed by atoms with Crippen LogP contribution in [0.15, 0.2) is 38.9 Å². The quantitative estimate of drug-likeness (QED) is 0.365. The minimum atomic E-state index is -3.49. The van der Waals surface area contributed by atoms with Gasteiger partial charge in [0.15, 0.2) is 0 Å². The van der Waals surface area contributed by atoms with Crippen LogP contribution in [0.3, 0.4) is 0 Å². The van der Waals surface area contributed by atoms with Crippen molar-refractivity contribution in [2.75, 3.05) is 17.6 Å². The summed E-state index contributed by atoms with van der Waals surface area (Å²) in [5, 5.41) is 19.5. The molecule has 9 nitrogen and oxygen atoms in total. The molecule has 0 aliphatic heterocycles. The lowest BCUT2D eigenvalue weighted by molar-refractivity contribution is -0.136. The van der Waals surface area contributed by atoms with Gasteiger partial charge >= 0.3 is 11.6 Å². The van der Waals surface area contributed by atoms with Crippen molar-refractivity contribution >= 4 is 44.0 Å². The Balaban J connectivity index is 1.79. The summed E-state index contributed by atoms with van der Waals surface area (Å²) in [5.41, 5.74) is 1.12. The highest BCUT2D eigenvalue weighted by Gasteiger charge is 2.13. The maximum absolute atomic E-state index is 12.3.